The van der Waals surface area contributed by atoms with Crippen molar-refractivity contribution in [2.75, 3.05) is 26.2 Å². The van der Waals surface area contributed by atoms with E-state index in [1.54, 1.807) is 6.20 Å². The van der Waals surface area contributed by atoms with E-state index in [9.17, 15) is 4.79 Å². The lowest BCUT2D eigenvalue weighted by atomic mass is 10.1. The molecular formula is C22H27N5O. The average molecular weight is 377 g/mol. The van der Waals surface area contributed by atoms with Gasteiger partial charge in [0.25, 0.3) is 5.91 Å². The van der Waals surface area contributed by atoms with Gasteiger partial charge in [-0.1, -0.05) is 30.3 Å². The predicted molar refractivity (Wildman–Crippen MR) is 110 cm³/mol. The van der Waals surface area contributed by atoms with Crippen LogP contribution in [-0.2, 0) is 6.54 Å². The molecule has 4 rings (SSSR count). The maximum Gasteiger partial charge on any atom is 0.254 e. The number of carbonyl (C=O) groups is 1. The van der Waals surface area contributed by atoms with Crippen molar-refractivity contribution in [1.82, 2.24) is 24.6 Å². The van der Waals surface area contributed by atoms with Crippen LogP contribution in [0.4, 0.5) is 0 Å². The molecule has 0 atom stereocenters. The van der Waals surface area contributed by atoms with Gasteiger partial charge in [0.15, 0.2) is 5.65 Å². The van der Waals surface area contributed by atoms with Crippen LogP contribution in [0.2, 0.25) is 0 Å². The van der Waals surface area contributed by atoms with Gasteiger partial charge in [-0.3, -0.25) is 9.69 Å². The van der Waals surface area contributed by atoms with Crippen LogP contribution < -0.4 is 0 Å². The van der Waals surface area contributed by atoms with Crippen molar-refractivity contribution in [1.29, 1.82) is 0 Å². The molecule has 146 valence electrons. The molecule has 28 heavy (non-hydrogen) atoms. The van der Waals surface area contributed by atoms with E-state index in [4.69, 9.17) is 0 Å². The first-order chi connectivity index (χ1) is 13.5. The monoisotopic (exact) mass is 377 g/mol. The van der Waals surface area contributed by atoms with Crippen LogP contribution in [0.15, 0.2) is 42.6 Å². The third-order valence-electron chi connectivity index (χ3n) is 5.32. The molecule has 1 fully saturated rings. The Labute approximate surface area is 165 Å². The van der Waals surface area contributed by atoms with Crippen LogP contribution in [0.5, 0.6) is 0 Å². The van der Waals surface area contributed by atoms with Gasteiger partial charge in [-0.25, -0.2) is 9.67 Å². The third-order valence-corrected chi connectivity index (χ3v) is 5.32. The summed E-state index contributed by atoms with van der Waals surface area (Å²) >= 11 is 0. The van der Waals surface area contributed by atoms with Gasteiger partial charge < -0.3 is 4.90 Å². The molecular weight excluding hydrogens is 350 g/mol. The summed E-state index contributed by atoms with van der Waals surface area (Å²) in [5, 5.41) is 5.30. The average Bonchev–Trinajstić information content (AvgIpc) is 3.12. The number of pyridine rings is 1. The van der Waals surface area contributed by atoms with E-state index in [-0.39, 0.29) is 11.9 Å². The summed E-state index contributed by atoms with van der Waals surface area (Å²) in [6, 6.07) is 12.6. The molecule has 0 N–H and O–H groups in total. The number of hydrogen-bond donors (Lipinski definition) is 0. The minimum Gasteiger partial charge on any atom is -0.336 e. The second-order valence-electron chi connectivity index (χ2n) is 7.79. The Hall–Kier alpha value is -2.73. The first-order valence-corrected chi connectivity index (χ1v) is 9.93. The zero-order valence-electron chi connectivity index (χ0n) is 16.8. The molecule has 0 bridgehead atoms. The molecule has 0 spiro atoms. The molecule has 0 radical (unpaired) electrons. The van der Waals surface area contributed by atoms with Gasteiger partial charge in [-0.15, -0.1) is 0 Å². The predicted octanol–water partition coefficient (Wildman–Crippen LogP) is 3.28. The second kappa shape index (κ2) is 7.72. The first-order valence-electron chi connectivity index (χ1n) is 9.93. The molecule has 0 unspecified atom stereocenters. The number of fused-ring (bicyclic) bond motifs is 1. The highest BCUT2D eigenvalue weighted by atomic mass is 16.2. The third kappa shape index (κ3) is 3.64. The molecule has 1 saturated heterocycles. The molecule has 1 aromatic carbocycles. The molecule has 0 saturated carbocycles. The van der Waals surface area contributed by atoms with E-state index in [1.807, 2.05) is 28.6 Å². The molecule has 3 heterocycles. The largest absolute Gasteiger partial charge is 0.336 e. The number of benzene rings is 1. The van der Waals surface area contributed by atoms with Gasteiger partial charge in [0, 0.05) is 44.5 Å². The Bertz CT molecular complexity index is 971. The fourth-order valence-electron chi connectivity index (χ4n) is 3.82. The van der Waals surface area contributed by atoms with Crippen molar-refractivity contribution in [2.24, 2.45) is 0 Å². The van der Waals surface area contributed by atoms with Crippen molar-refractivity contribution in [3.05, 3.63) is 59.4 Å². The van der Waals surface area contributed by atoms with E-state index < -0.39 is 0 Å². The van der Waals surface area contributed by atoms with Crippen LogP contribution in [0.3, 0.4) is 0 Å². The number of nitrogens with zero attached hydrogens (tertiary/aromatic N) is 5. The summed E-state index contributed by atoms with van der Waals surface area (Å²) in [6.07, 6.45) is 1.78. The number of carbonyl (C=O) groups excluding carboxylic acids is 1. The van der Waals surface area contributed by atoms with Crippen molar-refractivity contribution in [2.45, 2.75) is 33.4 Å². The minimum atomic E-state index is 0.0816. The highest BCUT2D eigenvalue weighted by Gasteiger charge is 2.25. The topological polar surface area (TPSA) is 54.3 Å². The number of rotatable bonds is 4. The fourth-order valence-corrected chi connectivity index (χ4v) is 3.82. The van der Waals surface area contributed by atoms with Crippen LogP contribution in [0, 0.1) is 6.92 Å². The molecule has 2 aromatic heterocycles. The Morgan fingerprint density at radius 1 is 1.11 bits per heavy atom. The lowest BCUT2D eigenvalue weighted by Gasteiger charge is -2.35. The smallest absolute Gasteiger partial charge is 0.254 e. The molecule has 6 heteroatoms. The minimum absolute atomic E-state index is 0.0816. The quantitative estimate of drug-likeness (QED) is 0.700. The van der Waals surface area contributed by atoms with Gasteiger partial charge >= 0.3 is 0 Å². The zero-order valence-corrected chi connectivity index (χ0v) is 16.8. The van der Waals surface area contributed by atoms with E-state index in [2.05, 4.69) is 53.1 Å². The van der Waals surface area contributed by atoms with Crippen molar-refractivity contribution >= 4 is 16.9 Å². The van der Waals surface area contributed by atoms with Crippen molar-refractivity contribution in [3.63, 3.8) is 0 Å². The number of aromatic nitrogens is 3. The van der Waals surface area contributed by atoms with E-state index in [0.717, 1.165) is 49.5 Å². The summed E-state index contributed by atoms with van der Waals surface area (Å²) in [6.45, 7) is 10.3. The fraction of sp³-hybridized carbons (Fsp3) is 0.409. The number of amides is 1. The van der Waals surface area contributed by atoms with Gasteiger partial charge in [-0.2, -0.15) is 5.10 Å². The van der Waals surface area contributed by atoms with E-state index >= 15 is 0 Å². The number of hydrogen-bond acceptors (Lipinski definition) is 4. The Morgan fingerprint density at radius 3 is 2.50 bits per heavy atom. The summed E-state index contributed by atoms with van der Waals surface area (Å²) in [7, 11) is 0. The van der Waals surface area contributed by atoms with Gasteiger partial charge in [0.1, 0.15) is 0 Å². The Morgan fingerprint density at radius 2 is 1.82 bits per heavy atom. The number of aryl methyl sites for hydroxylation is 1. The standard InChI is InChI=1S/C22H27N5O/c1-16(2)27-21-20(14-23-27)19(13-17(3)24-21)22(28)26-11-9-25(10-12-26)15-18-7-5-4-6-8-18/h4-8,13-14,16H,9-12,15H2,1-3H3. The summed E-state index contributed by atoms with van der Waals surface area (Å²) in [4.78, 5) is 22.2. The molecule has 0 aliphatic carbocycles. The van der Waals surface area contributed by atoms with Crippen molar-refractivity contribution in [3.8, 4) is 0 Å². The summed E-state index contributed by atoms with van der Waals surface area (Å²) in [5.41, 5.74) is 3.67. The van der Waals surface area contributed by atoms with Crippen LogP contribution >= 0.6 is 0 Å². The maximum absolute atomic E-state index is 13.3. The van der Waals surface area contributed by atoms with Crippen molar-refractivity contribution < 1.29 is 4.79 Å². The summed E-state index contributed by atoms with van der Waals surface area (Å²) in [5.74, 6) is 0.0816. The molecule has 3 aromatic rings. The Kier molecular flexibility index (Phi) is 5.13. The highest BCUT2D eigenvalue weighted by Crippen LogP contribution is 2.23. The molecule has 1 amide bonds. The van der Waals surface area contributed by atoms with Gasteiger partial charge in [0.2, 0.25) is 0 Å². The molecule has 1 aliphatic rings. The SMILES string of the molecule is Cc1cc(C(=O)N2CCN(Cc3ccccc3)CC2)c2cnn(C(C)C)c2n1. The number of piperazine rings is 1. The Balaban J connectivity index is 1.50. The molecule has 1 aliphatic heterocycles. The highest BCUT2D eigenvalue weighted by molar-refractivity contribution is 6.05. The van der Waals surface area contributed by atoms with Gasteiger partial charge in [-0.05, 0) is 32.4 Å². The van der Waals surface area contributed by atoms with E-state index in [0.29, 0.717) is 5.56 Å². The van der Waals surface area contributed by atoms with Gasteiger partial charge in [0.05, 0.1) is 17.1 Å². The van der Waals surface area contributed by atoms with Crippen LogP contribution in [-0.4, -0.2) is 56.7 Å². The van der Waals surface area contributed by atoms with E-state index in [1.165, 1.54) is 5.56 Å². The lowest BCUT2D eigenvalue weighted by molar-refractivity contribution is 0.0630. The zero-order chi connectivity index (χ0) is 19.7. The van der Waals surface area contributed by atoms with Crippen LogP contribution in [0.25, 0.3) is 11.0 Å². The lowest BCUT2D eigenvalue weighted by Crippen LogP contribution is -2.48. The normalized spacial score (nSPS) is 15.5. The first kappa shape index (κ1) is 18.6. The second-order valence-corrected chi connectivity index (χ2v) is 7.79. The summed E-state index contributed by atoms with van der Waals surface area (Å²) < 4.78 is 1.89. The van der Waals surface area contributed by atoms with Crippen LogP contribution in [0.1, 0.15) is 41.5 Å². The maximum atomic E-state index is 13.3. The molecule has 6 nitrogen and oxygen atoms in total.